The van der Waals surface area contributed by atoms with E-state index in [4.69, 9.17) is 0 Å². The number of carbonyl (C=O) groups is 1. The van der Waals surface area contributed by atoms with Gasteiger partial charge in [-0.3, -0.25) is 9.36 Å². The van der Waals surface area contributed by atoms with Crippen molar-refractivity contribution in [2.75, 3.05) is 5.32 Å². The highest BCUT2D eigenvalue weighted by Gasteiger charge is 2.22. The minimum absolute atomic E-state index is 0.0745. The summed E-state index contributed by atoms with van der Waals surface area (Å²) in [7, 11) is 0. The van der Waals surface area contributed by atoms with Crippen molar-refractivity contribution in [3.63, 3.8) is 0 Å². The highest BCUT2D eigenvalue weighted by molar-refractivity contribution is 8.00. The van der Waals surface area contributed by atoms with Crippen molar-refractivity contribution in [3.8, 4) is 5.69 Å². The minimum Gasteiger partial charge on any atom is -0.325 e. The number of anilines is 1. The SMILES string of the molecule is Cc1cc(C)nc(SCc2nnc(S[C@@H](C)C(=O)Nc3c(C)cccc3C)n2-c2ccccc2)n1. The molecule has 2 aromatic heterocycles. The fourth-order valence-electron chi connectivity index (χ4n) is 3.64. The first-order valence-corrected chi connectivity index (χ1v) is 13.2. The molecule has 2 aromatic carbocycles. The van der Waals surface area contributed by atoms with E-state index in [1.54, 1.807) is 0 Å². The Hall–Kier alpha value is -3.17. The van der Waals surface area contributed by atoms with Crippen LogP contribution in [0.5, 0.6) is 0 Å². The number of nitrogens with zero attached hydrogens (tertiary/aromatic N) is 5. The van der Waals surface area contributed by atoms with E-state index in [2.05, 4.69) is 25.5 Å². The van der Waals surface area contributed by atoms with Crippen molar-refractivity contribution >= 4 is 35.1 Å². The Bertz CT molecular complexity index is 1300. The molecule has 9 heteroatoms. The van der Waals surface area contributed by atoms with Crippen molar-refractivity contribution in [1.29, 1.82) is 0 Å². The molecular weight excluding hydrogens is 476 g/mol. The summed E-state index contributed by atoms with van der Waals surface area (Å²) in [6, 6.07) is 17.9. The highest BCUT2D eigenvalue weighted by Crippen LogP contribution is 2.29. The first-order valence-electron chi connectivity index (χ1n) is 11.3. The number of amides is 1. The van der Waals surface area contributed by atoms with E-state index in [0.717, 1.165) is 39.7 Å². The fraction of sp³-hybridized carbons (Fsp3) is 0.269. The second-order valence-electron chi connectivity index (χ2n) is 8.31. The van der Waals surface area contributed by atoms with Gasteiger partial charge in [0.05, 0.1) is 11.0 Å². The second-order valence-corrected chi connectivity index (χ2v) is 10.6. The Kier molecular flexibility index (Phi) is 7.87. The van der Waals surface area contributed by atoms with Gasteiger partial charge in [-0.15, -0.1) is 10.2 Å². The number of carbonyl (C=O) groups excluding carboxylic acids is 1. The van der Waals surface area contributed by atoms with Crippen LogP contribution < -0.4 is 5.32 Å². The summed E-state index contributed by atoms with van der Waals surface area (Å²) >= 11 is 2.91. The zero-order valence-electron chi connectivity index (χ0n) is 20.4. The first kappa shape index (κ1) is 24.9. The molecule has 35 heavy (non-hydrogen) atoms. The molecule has 0 radical (unpaired) electrons. The molecule has 0 aliphatic heterocycles. The molecule has 7 nitrogen and oxygen atoms in total. The topological polar surface area (TPSA) is 85.6 Å². The van der Waals surface area contributed by atoms with Crippen LogP contribution in [0.1, 0.15) is 35.3 Å². The molecule has 0 aliphatic carbocycles. The maximum absolute atomic E-state index is 13.0. The molecule has 0 bridgehead atoms. The van der Waals surface area contributed by atoms with E-state index in [1.807, 2.05) is 93.8 Å². The van der Waals surface area contributed by atoms with Gasteiger partial charge in [0.2, 0.25) is 5.91 Å². The third-order valence-electron chi connectivity index (χ3n) is 5.39. The lowest BCUT2D eigenvalue weighted by Crippen LogP contribution is -2.23. The Morgan fingerprint density at radius 2 is 1.60 bits per heavy atom. The van der Waals surface area contributed by atoms with Gasteiger partial charge in [0, 0.05) is 22.8 Å². The second kappa shape index (κ2) is 11.0. The smallest absolute Gasteiger partial charge is 0.237 e. The van der Waals surface area contributed by atoms with Crippen molar-refractivity contribution in [1.82, 2.24) is 24.7 Å². The average molecular weight is 505 g/mol. The molecule has 1 atom stereocenters. The number of rotatable bonds is 8. The molecule has 0 unspecified atom stereocenters. The van der Waals surface area contributed by atoms with Gasteiger partial charge in [0.15, 0.2) is 10.3 Å². The molecule has 0 spiro atoms. The number of para-hydroxylation sites is 2. The van der Waals surface area contributed by atoms with Gasteiger partial charge in [0.25, 0.3) is 0 Å². The predicted molar refractivity (Wildman–Crippen MR) is 142 cm³/mol. The quantitative estimate of drug-likeness (QED) is 0.243. The monoisotopic (exact) mass is 504 g/mol. The van der Waals surface area contributed by atoms with Gasteiger partial charge >= 0.3 is 0 Å². The summed E-state index contributed by atoms with van der Waals surface area (Å²) in [5.74, 6) is 1.25. The van der Waals surface area contributed by atoms with Gasteiger partial charge in [0.1, 0.15) is 5.82 Å². The van der Waals surface area contributed by atoms with Crippen LogP contribution in [0.2, 0.25) is 0 Å². The third kappa shape index (κ3) is 6.10. The summed E-state index contributed by atoms with van der Waals surface area (Å²) in [4.78, 5) is 22.1. The summed E-state index contributed by atoms with van der Waals surface area (Å²) < 4.78 is 2.00. The number of hydrogen-bond acceptors (Lipinski definition) is 7. The van der Waals surface area contributed by atoms with E-state index >= 15 is 0 Å². The molecule has 1 amide bonds. The standard InChI is InChI=1S/C26H28N6OS2/c1-16-10-9-11-17(2)23(16)29-24(33)20(5)35-26-31-30-22(32(26)21-12-7-6-8-13-21)15-34-25-27-18(3)14-19(4)28-25/h6-14,20H,15H2,1-5H3,(H,29,33)/t20-/m0/s1. The lowest BCUT2D eigenvalue weighted by molar-refractivity contribution is -0.115. The number of aryl methyl sites for hydroxylation is 4. The average Bonchev–Trinajstić information content (AvgIpc) is 3.22. The van der Waals surface area contributed by atoms with Gasteiger partial charge in [-0.2, -0.15) is 0 Å². The van der Waals surface area contributed by atoms with E-state index in [9.17, 15) is 4.79 Å². The zero-order chi connectivity index (χ0) is 24.9. The highest BCUT2D eigenvalue weighted by atomic mass is 32.2. The fourth-order valence-corrected chi connectivity index (χ4v) is 5.39. The maximum Gasteiger partial charge on any atom is 0.237 e. The van der Waals surface area contributed by atoms with Crippen LogP contribution in [-0.2, 0) is 10.5 Å². The molecular formula is C26H28N6OS2. The summed E-state index contributed by atoms with van der Waals surface area (Å²) in [5.41, 5.74) is 5.75. The lowest BCUT2D eigenvalue weighted by Gasteiger charge is -2.16. The van der Waals surface area contributed by atoms with Crippen LogP contribution in [0.25, 0.3) is 5.69 Å². The molecule has 0 saturated carbocycles. The molecule has 0 fully saturated rings. The van der Waals surface area contributed by atoms with Crippen LogP contribution in [0.3, 0.4) is 0 Å². The van der Waals surface area contributed by atoms with Crippen LogP contribution in [-0.4, -0.2) is 35.9 Å². The van der Waals surface area contributed by atoms with Gasteiger partial charge < -0.3 is 5.32 Å². The van der Waals surface area contributed by atoms with Crippen LogP contribution in [0, 0.1) is 27.7 Å². The van der Waals surface area contributed by atoms with Crippen molar-refractivity contribution in [3.05, 3.63) is 82.9 Å². The van der Waals surface area contributed by atoms with Gasteiger partial charge in [-0.1, -0.05) is 59.9 Å². The normalized spacial score (nSPS) is 11.9. The zero-order valence-corrected chi connectivity index (χ0v) is 22.1. The number of aromatic nitrogens is 5. The molecule has 4 aromatic rings. The van der Waals surface area contributed by atoms with E-state index < -0.39 is 0 Å². The molecule has 4 rings (SSSR count). The molecule has 0 saturated heterocycles. The maximum atomic E-state index is 13.0. The van der Waals surface area contributed by atoms with Crippen LogP contribution in [0.15, 0.2) is 64.9 Å². The molecule has 180 valence electrons. The predicted octanol–water partition coefficient (Wildman–Crippen LogP) is 5.70. The Balaban J connectivity index is 1.56. The van der Waals surface area contributed by atoms with Gasteiger partial charge in [-0.05, 0) is 63.9 Å². The van der Waals surface area contributed by atoms with Crippen LogP contribution in [0.4, 0.5) is 5.69 Å². The lowest BCUT2D eigenvalue weighted by atomic mass is 10.1. The third-order valence-corrected chi connectivity index (χ3v) is 7.27. The Labute approximate surface area is 214 Å². The van der Waals surface area contributed by atoms with E-state index in [1.165, 1.54) is 23.5 Å². The van der Waals surface area contributed by atoms with Crippen LogP contribution >= 0.6 is 23.5 Å². The summed E-state index contributed by atoms with van der Waals surface area (Å²) in [5, 5.41) is 13.0. The number of thioether (sulfide) groups is 2. The van der Waals surface area contributed by atoms with Crippen molar-refractivity contribution < 1.29 is 4.79 Å². The molecule has 2 heterocycles. The largest absolute Gasteiger partial charge is 0.325 e. The number of benzene rings is 2. The molecule has 0 aliphatic rings. The first-order chi connectivity index (χ1) is 16.8. The number of nitrogens with one attached hydrogen (secondary N) is 1. The Morgan fingerprint density at radius 3 is 2.26 bits per heavy atom. The minimum atomic E-state index is -0.371. The summed E-state index contributed by atoms with van der Waals surface area (Å²) in [6.07, 6.45) is 0. The number of hydrogen-bond donors (Lipinski definition) is 1. The van der Waals surface area contributed by atoms with E-state index in [-0.39, 0.29) is 11.2 Å². The van der Waals surface area contributed by atoms with Crippen molar-refractivity contribution in [2.24, 2.45) is 0 Å². The van der Waals surface area contributed by atoms with Gasteiger partial charge in [-0.25, -0.2) is 9.97 Å². The molecule has 1 N–H and O–H groups in total. The van der Waals surface area contributed by atoms with Crippen molar-refractivity contribution in [2.45, 2.75) is 55.9 Å². The Morgan fingerprint density at radius 1 is 0.943 bits per heavy atom. The summed E-state index contributed by atoms with van der Waals surface area (Å²) in [6.45, 7) is 9.80. The van der Waals surface area contributed by atoms with E-state index in [0.29, 0.717) is 16.1 Å².